The van der Waals surface area contributed by atoms with Crippen LogP contribution >= 0.6 is 0 Å². The monoisotopic (exact) mass is 275 g/mol. The highest BCUT2D eigenvalue weighted by atomic mass is 16.5. The quantitative estimate of drug-likeness (QED) is 0.855. The Bertz CT molecular complexity index is 690. The zero-order valence-electron chi connectivity index (χ0n) is 11.4. The van der Waals surface area contributed by atoms with E-state index in [0.717, 1.165) is 5.56 Å². The van der Waals surface area contributed by atoms with Crippen molar-refractivity contribution in [1.82, 2.24) is 9.38 Å². The third kappa shape index (κ3) is 2.07. The third-order valence-electron chi connectivity index (χ3n) is 3.59. The normalized spacial score (nSPS) is 15.8. The third-order valence-corrected chi connectivity index (χ3v) is 3.59. The van der Waals surface area contributed by atoms with E-state index in [1.165, 1.54) is 4.40 Å². The number of hydrogen-bond donors (Lipinski definition) is 1. The highest BCUT2D eigenvalue weighted by molar-refractivity contribution is 5.56. The van der Waals surface area contributed by atoms with E-state index in [9.17, 15) is 9.90 Å². The second-order valence-electron chi connectivity index (χ2n) is 4.86. The second kappa shape index (κ2) is 5.22. The molecule has 2 aromatic rings. The zero-order chi connectivity index (χ0) is 14.1. The van der Waals surface area contributed by atoms with Crippen molar-refractivity contribution in [2.75, 3.05) is 31.2 Å². The van der Waals surface area contributed by atoms with Gasteiger partial charge in [0.25, 0.3) is 5.56 Å². The van der Waals surface area contributed by atoms with Crippen molar-refractivity contribution in [1.29, 1.82) is 0 Å². The van der Waals surface area contributed by atoms with Crippen LogP contribution in [-0.4, -0.2) is 40.8 Å². The largest absolute Gasteiger partial charge is 0.391 e. The minimum atomic E-state index is -0.310. The molecule has 0 radical (unpaired) electrons. The number of hydrogen-bond acceptors (Lipinski definition) is 5. The maximum Gasteiger partial charge on any atom is 0.265 e. The standard InChI is InChI=1S/C14H17N3O3/c1-10-3-2-4-17-12(10)15-13(11(9-18)14(17)19)16-5-7-20-8-6-16/h2-4,18H,5-9H2,1H3. The number of aliphatic hydroxyl groups excluding tert-OH is 1. The summed E-state index contributed by atoms with van der Waals surface area (Å²) in [5.74, 6) is 0.579. The van der Waals surface area contributed by atoms with Crippen molar-refractivity contribution < 1.29 is 9.84 Å². The van der Waals surface area contributed by atoms with Gasteiger partial charge in [-0.15, -0.1) is 0 Å². The van der Waals surface area contributed by atoms with Crippen LogP contribution in [-0.2, 0) is 11.3 Å². The van der Waals surface area contributed by atoms with Crippen LogP contribution < -0.4 is 10.5 Å². The van der Waals surface area contributed by atoms with Gasteiger partial charge < -0.3 is 14.7 Å². The number of aryl methyl sites for hydroxylation is 1. The van der Waals surface area contributed by atoms with Gasteiger partial charge in [0.05, 0.1) is 25.4 Å². The number of aromatic nitrogens is 2. The Morgan fingerprint density at radius 2 is 2.15 bits per heavy atom. The van der Waals surface area contributed by atoms with E-state index in [2.05, 4.69) is 4.98 Å². The Labute approximate surface area is 116 Å². The number of anilines is 1. The maximum atomic E-state index is 12.5. The molecule has 2 aromatic heterocycles. The van der Waals surface area contributed by atoms with Crippen LogP contribution in [0.1, 0.15) is 11.1 Å². The SMILES string of the molecule is Cc1cccn2c(=O)c(CO)c(N3CCOCC3)nc12. The molecule has 3 rings (SSSR count). The Balaban J connectivity index is 2.24. The van der Waals surface area contributed by atoms with Crippen LogP contribution in [0.2, 0.25) is 0 Å². The Hall–Kier alpha value is -1.92. The molecular formula is C14H17N3O3. The predicted octanol–water partition coefficient (Wildman–Crippen LogP) is 0.332. The summed E-state index contributed by atoms with van der Waals surface area (Å²) in [4.78, 5) is 19.1. The van der Waals surface area contributed by atoms with Gasteiger partial charge >= 0.3 is 0 Å². The average molecular weight is 275 g/mol. The van der Waals surface area contributed by atoms with Crippen LogP contribution in [0.15, 0.2) is 23.1 Å². The Kier molecular flexibility index (Phi) is 3.42. The van der Waals surface area contributed by atoms with Crippen molar-refractivity contribution >= 4 is 11.5 Å². The molecule has 20 heavy (non-hydrogen) atoms. The second-order valence-corrected chi connectivity index (χ2v) is 4.86. The highest BCUT2D eigenvalue weighted by Crippen LogP contribution is 2.18. The molecule has 3 heterocycles. The molecule has 0 aliphatic carbocycles. The summed E-state index contributed by atoms with van der Waals surface area (Å²) in [6, 6.07) is 3.73. The molecule has 0 bridgehead atoms. The first-order valence-electron chi connectivity index (χ1n) is 6.67. The minimum absolute atomic E-state index is 0.206. The molecule has 1 N–H and O–H groups in total. The van der Waals surface area contributed by atoms with Crippen molar-refractivity contribution in [3.63, 3.8) is 0 Å². The van der Waals surface area contributed by atoms with Gasteiger partial charge in [0, 0.05) is 19.3 Å². The lowest BCUT2D eigenvalue weighted by Crippen LogP contribution is -2.39. The average Bonchev–Trinajstić information content (AvgIpc) is 2.49. The van der Waals surface area contributed by atoms with Gasteiger partial charge in [-0.25, -0.2) is 4.98 Å². The molecule has 1 saturated heterocycles. The van der Waals surface area contributed by atoms with Gasteiger partial charge in [0.15, 0.2) is 0 Å². The van der Waals surface area contributed by atoms with E-state index in [1.54, 1.807) is 12.3 Å². The van der Waals surface area contributed by atoms with Crippen LogP contribution in [0.3, 0.4) is 0 Å². The van der Waals surface area contributed by atoms with Gasteiger partial charge in [-0.3, -0.25) is 9.20 Å². The van der Waals surface area contributed by atoms with E-state index in [4.69, 9.17) is 4.74 Å². The minimum Gasteiger partial charge on any atom is -0.391 e. The molecular weight excluding hydrogens is 258 g/mol. The van der Waals surface area contributed by atoms with E-state index >= 15 is 0 Å². The molecule has 1 aliphatic rings. The Morgan fingerprint density at radius 1 is 1.40 bits per heavy atom. The Morgan fingerprint density at radius 3 is 2.85 bits per heavy atom. The van der Waals surface area contributed by atoms with Crippen LogP contribution in [0.4, 0.5) is 5.82 Å². The van der Waals surface area contributed by atoms with Crippen LogP contribution in [0.25, 0.3) is 5.65 Å². The van der Waals surface area contributed by atoms with Gasteiger partial charge in [0.1, 0.15) is 11.5 Å². The molecule has 0 unspecified atom stereocenters. The van der Waals surface area contributed by atoms with Crippen molar-refractivity contribution in [3.05, 3.63) is 39.8 Å². The van der Waals surface area contributed by atoms with Gasteiger partial charge in [0.2, 0.25) is 0 Å². The first-order valence-corrected chi connectivity index (χ1v) is 6.67. The number of nitrogens with zero attached hydrogens (tertiary/aromatic N) is 3. The number of morpholine rings is 1. The number of fused-ring (bicyclic) bond motifs is 1. The smallest absolute Gasteiger partial charge is 0.265 e. The van der Waals surface area contributed by atoms with E-state index in [-0.39, 0.29) is 12.2 Å². The van der Waals surface area contributed by atoms with Gasteiger partial charge in [-0.1, -0.05) is 6.07 Å². The predicted molar refractivity (Wildman–Crippen MR) is 75.2 cm³/mol. The summed E-state index contributed by atoms with van der Waals surface area (Å²) in [5, 5.41) is 9.55. The number of aliphatic hydroxyl groups is 1. The van der Waals surface area contributed by atoms with Gasteiger partial charge in [-0.05, 0) is 18.6 Å². The van der Waals surface area contributed by atoms with Gasteiger partial charge in [-0.2, -0.15) is 0 Å². The molecule has 0 atom stereocenters. The fourth-order valence-electron chi connectivity index (χ4n) is 2.50. The molecule has 0 saturated carbocycles. The fourth-order valence-corrected chi connectivity index (χ4v) is 2.50. The van der Waals surface area contributed by atoms with Crippen LogP contribution in [0.5, 0.6) is 0 Å². The molecule has 0 amide bonds. The van der Waals surface area contributed by atoms with E-state index in [0.29, 0.717) is 43.3 Å². The lowest BCUT2D eigenvalue weighted by molar-refractivity contribution is 0.122. The summed E-state index contributed by atoms with van der Waals surface area (Å²) >= 11 is 0. The molecule has 106 valence electrons. The summed E-state index contributed by atoms with van der Waals surface area (Å²) in [7, 11) is 0. The maximum absolute atomic E-state index is 12.5. The van der Waals surface area contributed by atoms with E-state index < -0.39 is 0 Å². The first kappa shape index (κ1) is 13.1. The van der Waals surface area contributed by atoms with E-state index in [1.807, 2.05) is 17.9 Å². The molecule has 6 nitrogen and oxygen atoms in total. The topological polar surface area (TPSA) is 67.1 Å². The zero-order valence-corrected chi connectivity index (χ0v) is 11.4. The summed E-state index contributed by atoms with van der Waals surface area (Å²) in [5.41, 5.74) is 1.71. The van der Waals surface area contributed by atoms with Crippen molar-refractivity contribution in [2.24, 2.45) is 0 Å². The lowest BCUT2D eigenvalue weighted by Gasteiger charge is -2.29. The molecule has 1 aliphatic heterocycles. The molecule has 0 aromatic carbocycles. The molecule has 0 spiro atoms. The van der Waals surface area contributed by atoms with Crippen molar-refractivity contribution in [3.8, 4) is 0 Å². The summed E-state index contributed by atoms with van der Waals surface area (Å²) in [6.07, 6.45) is 1.68. The number of rotatable bonds is 2. The number of ether oxygens (including phenoxy) is 1. The first-order chi connectivity index (χ1) is 9.72. The molecule has 6 heteroatoms. The molecule has 1 fully saturated rings. The van der Waals surface area contributed by atoms with Crippen molar-refractivity contribution in [2.45, 2.75) is 13.5 Å². The fraction of sp³-hybridized carbons (Fsp3) is 0.429. The summed E-state index contributed by atoms with van der Waals surface area (Å²) in [6.45, 7) is 4.20. The number of pyridine rings is 1. The summed E-state index contributed by atoms with van der Waals surface area (Å²) < 4.78 is 6.81. The lowest BCUT2D eigenvalue weighted by atomic mass is 10.2. The highest BCUT2D eigenvalue weighted by Gasteiger charge is 2.20. The van der Waals surface area contributed by atoms with Crippen LogP contribution in [0, 0.1) is 6.92 Å².